The van der Waals surface area contributed by atoms with Gasteiger partial charge in [0, 0.05) is 11.9 Å². The summed E-state index contributed by atoms with van der Waals surface area (Å²) in [4.78, 5) is 25.2. The fraction of sp³-hybridized carbons (Fsp3) is 0.143. The van der Waals surface area contributed by atoms with Gasteiger partial charge in [-0.15, -0.1) is 0 Å². The van der Waals surface area contributed by atoms with Crippen LogP contribution in [0.3, 0.4) is 0 Å². The Balaban J connectivity index is 1.81. The summed E-state index contributed by atoms with van der Waals surface area (Å²) >= 11 is 0. The largest absolute Gasteiger partial charge is 0.497 e. The van der Waals surface area contributed by atoms with Crippen molar-refractivity contribution in [2.45, 2.75) is 13.5 Å². The van der Waals surface area contributed by atoms with Crippen LogP contribution >= 0.6 is 0 Å². The topological polar surface area (TPSA) is 60.3 Å². The van der Waals surface area contributed by atoms with Gasteiger partial charge in [-0.25, -0.2) is 0 Å². The van der Waals surface area contributed by atoms with E-state index < -0.39 is 5.91 Å². The van der Waals surface area contributed by atoms with Gasteiger partial charge in [-0.1, -0.05) is 29.8 Å². The lowest BCUT2D eigenvalue weighted by molar-refractivity contribution is 0.102. The highest BCUT2D eigenvalue weighted by Gasteiger charge is 2.12. The average Bonchev–Trinajstić information content (AvgIpc) is 2.64. The van der Waals surface area contributed by atoms with Crippen LogP contribution < -0.4 is 15.6 Å². The van der Waals surface area contributed by atoms with Crippen molar-refractivity contribution in [1.29, 1.82) is 0 Å². The lowest BCUT2D eigenvalue weighted by Gasteiger charge is -2.10. The van der Waals surface area contributed by atoms with Gasteiger partial charge in [0.15, 0.2) is 0 Å². The molecule has 3 rings (SSSR count). The van der Waals surface area contributed by atoms with E-state index in [1.165, 1.54) is 10.6 Å². The predicted molar refractivity (Wildman–Crippen MR) is 102 cm³/mol. The van der Waals surface area contributed by atoms with Crippen LogP contribution in [0, 0.1) is 6.92 Å². The summed E-state index contributed by atoms with van der Waals surface area (Å²) in [6, 6.07) is 18.1. The number of hydrogen-bond donors (Lipinski definition) is 1. The fourth-order valence-corrected chi connectivity index (χ4v) is 2.71. The van der Waals surface area contributed by atoms with E-state index in [0.29, 0.717) is 18.0 Å². The van der Waals surface area contributed by atoms with Crippen molar-refractivity contribution in [2.75, 3.05) is 12.4 Å². The van der Waals surface area contributed by atoms with Gasteiger partial charge < -0.3 is 14.6 Å². The van der Waals surface area contributed by atoms with Gasteiger partial charge in [0.25, 0.3) is 11.5 Å². The van der Waals surface area contributed by atoms with E-state index in [-0.39, 0.29) is 11.1 Å². The number of nitrogens with one attached hydrogen (secondary N) is 1. The van der Waals surface area contributed by atoms with E-state index in [2.05, 4.69) is 5.32 Å². The maximum absolute atomic E-state index is 12.7. The van der Waals surface area contributed by atoms with Gasteiger partial charge in [-0.2, -0.15) is 0 Å². The molecule has 132 valence electrons. The molecule has 5 heteroatoms. The first-order valence-electron chi connectivity index (χ1n) is 8.27. The molecule has 0 aliphatic carbocycles. The number of rotatable bonds is 5. The third kappa shape index (κ3) is 4.00. The van der Waals surface area contributed by atoms with E-state index in [4.69, 9.17) is 4.74 Å². The number of pyridine rings is 1. The Morgan fingerprint density at radius 1 is 1.08 bits per heavy atom. The minimum atomic E-state index is -0.432. The quantitative estimate of drug-likeness (QED) is 0.768. The molecule has 0 aliphatic heterocycles. The third-order valence-electron chi connectivity index (χ3n) is 4.05. The predicted octanol–water partition coefficient (Wildman–Crippen LogP) is 3.47. The summed E-state index contributed by atoms with van der Waals surface area (Å²) in [6.45, 7) is 2.43. The van der Waals surface area contributed by atoms with Crippen LogP contribution in [-0.2, 0) is 6.54 Å². The number of carbonyl (C=O) groups excluding carboxylic acids is 1. The molecule has 1 amide bonds. The summed E-state index contributed by atoms with van der Waals surface area (Å²) in [7, 11) is 1.58. The van der Waals surface area contributed by atoms with Gasteiger partial charge in [-0.05, 0) is 48.9 Å². The number of nitrogens with zero attached hydrogens (tertiary/aromatic N) is 1. The second-order valence-corrected chi connectivity index (χ2v) is 6.03. The van der Waals surface area contributed by atoms with Crippen LogP contribution in [-0.4, -0.2) is 17.6 Å². The Kier molecular flexibility index (Phi) is 5.17. The Bertz CT molecular complexity index is 975. The molecule has 0 saturated heterocycles. The van der Waals surface area contributed by atoms with Crippen molar-refractivity contribution in [3.8, 4) is 5.75 Å². The Hall–Kier alpha value is -3.34. The number of carbonyl (C=O) groups is 1. The SMILES string of the molecule is COc1ccc(NC(=O)c2cccn(Cc3cccc(C)c3)c2=O)cc1. The van der Waals surface area contributed by atoms with Crippen LogP contribution in [0.5, 0.6) is 5.75 Å². The Labute approximate surface area is 151 Å². The van der Waals surface area contributed by atoms with Crippen molar-refractivity contribution in [1.82, 2.24) is 4.57 Å². The molecule has 0 spiro atoms. The summed E-state index contributed by atoms with van der Waals surface area (Å²) in [5, 5.41) is 2.74. The number of benzene rings is 2. The molecule has 0 bridgehead atoms. The highest BCUT2D eigenvalue weighted by Crippen LogP contribution is 2.15. The molecule has 1 aromatic heterocycles. The molecule has 26 heavy (non-hydrogen) atoms. The molecular formula is C21H20N2O3. The average molecular weight is 348 g/mol. The molecule has 0 atom stereocenters. The van der Waals surface area contributed by atoms with E-state index in [0.717, 1.165) is 11.1 Å². The molecule has 0 radical (unpaired) electrons. The van der Waals surface area contributed by atoms with Crippen LogP contribution in [0.15, 0.2) is 71.7 Å². The zero-order valence-corrected chi connectivity index (χ0v) is 14.7. The van der Waals surface area contributed by atoms with Crippen LogP contribution in [0.4, 0.5) is 5.69 Å². The number of hydrogen-bond acceptors (Lipinski definition) is 3. The minimum absolute atomic E-state index is 0.107. The Morgan fingerprint density at radius 2 is 1.85 bits per heavy atom. The van der Waals surface area contributed by atoms with Crippen molar-refractivity contribution in [3.05, 3.63) is 93.9 Å². The van der Waals surface area contributed by atoms with Crippen LogP contribution in [0.1, 0.15) is 21.5 Å². The standard InChI is InChI=1S/C21H20N2O3/c1-15-5-3-6-16(13-15)14-23-12-4-7-19(21(23)25)20(24)22-17-8-10-18(26-2)11-9-17/h3-13H,14H2,1-2H3,(H,22,24). The highest BCUT2D eigenvalue weighted by atomic mass is 16.5. The maximum atomic E-state index is 12.7. The molecule has 0 aliphatic rings. The lowest BCUT2D eigenvalue weighted by atomic mass is 10.1. The van der Waals surface area contributed by atoms with Crippen LogP contribution in [0.25, 0.3) is 0 Å². The monoisotopic (exact) mass is 348 g/mol. The zero-order chi connectivity index (χ0) is 18.5. The molecule has 1 heterocycles. The van der Waals surface area contributed by atoms with Gasteiger partial charge in [0.05, 0.1) is 13.7 Å². The molecule has 3 aromatic rings. The highest BCUT2D eigenvalue weighted by molar-refractivity contribution is 6.04. The summed E-state index contributed by atoms with van der Waals surface area (Å²) < 4.78 is 6.63. The van der Waals surface area contributed by atoms with E-state index >= 15 is 0 Å². The molecule has 5 nitrogen and oxygen atoms in total. The van der Waals surface area contributed by atoms with Gasteiger partial charge >= 0.3 is 0 Å². The van der Waals surface area contributed by atoms with Gasteiger partial charge in [-0.3, -0.25) is 9.59 Å². The van der Waals surface area contributed by atoms with Gasteiger partial charge in [0.2, 0.25) is 0 Å². The van der Waals surface area contributed by atoms with Crippen molar-refractivity contribution >= 4 is 11.6 Å². The van der Waals surface area contributed by atoms with Crippen LogP contribution in [0.2, 0.25) is 0 Å². The minimum Gasteiger partial charge on any atom is -0.497 e. The number of amides is 1. The first-order chi connectivity index (χ1) is 12.6. The molecule has 0 saturated carbocycles. The van der Waals surface area contributed by atoms with Crippen molar-refractivity contribution < 1.29 is 9.53 Å². The van der Waals surface area contributed by atoms with E-state index in [1.807, 2.05) is 31.2 Å². The van der Waals surface area contributed by atoms with Crippen molar-refractivity contribution in [3.63, 3.8) is 0 Å². The lowest BCUT2D eigenvalue weighted by Crippen LogP contribution is -2.29. The normalized spacial score (nSPS) is 10.4. The summed E-state index contributed by atoms with van der Waals surface area (Å²) in [6.07, 6.45) is 1.69. The number of anilines is 1. The third-order valence-corrected chi connectivity index (χ3v) is 4.05. The second-order valence-electron chi connectivity index (χ2n) is 6.03. The number of aryl methyl sites for hydroxylation is 1. The molecule has 2 aromatic carbocycles. The first kappa shape index (κ1) is 17.5. The number of methoxy groups -OCH3 is 1. The van der Waals surface area contributed by atoms with E-state index in [1.54, 1.807) is 43.6 Å². The number of aromatic nitrogens is 1. The molecule has 0 fully saturated rings. The fourth-order valence-electron chi connectivity index (χ4n) is 2.71. The second kappa shape index (κ2) is 7.70. The molecule has 1 N–H and O–H groups in total. The molecule has 0 unspecified atom stereocenters. The smallest absolute Gasteiger partial charge is 0.263 e. The van der Waals surface area contributed by atoms with E-state index in [9.17, 15) is 9.59 Å². The summed E-state index contributed by atoms with van der Waals surface area (Å²) in [5.41, 5.74) is 2.53. The Morgan fingerprint density at radius 3 is 2.54 bits per heavy atom. The van der Waals surface area contributed by atoms with Crippen molar-refractivity contribution in [2.24, 2.45) is 0 Å². The first-order valence-corrected chi connectivity index (χ1v) is 8.27. The molecular weight excluding hydrogens is 328 g/mol. The summed E-state index contributed by atoms with van der Waals surface area (Å²) in [5.74, 6) is 0.266. The maximum Gasteiger partial charge on any atom is 0.263 e. The van der Waals surface area contributed by atoms with Gasteiger partial charge in [0.1, 0.15) is 11.3 Å². The number of ether oxygens (including phenoxy) is 1. The zero-order valence-electron chi connectivity index (χ0n) is 14.7.